The van der Waals surface area contributed by atoms with Crippen LogP contribution in [0.5, 0.6) is 0 Å². The summed E-state index contributed by atoms with van der Waals surface area (Å²) in [6.45, 7) is 13.6. The van der Waals surface area contributed by atoms with Gasteiger partial charge in [-0.3, -0.25) is 4.90 Å². The number of likely N-dealkylation sites (N-methyl/N-ethyl adjacent to an activating group) is 1. The lowest BCUT2D eigenvalue weighted by molar-refractivity contribution is 0.0460. The SMILES string of the molecule is CC1CC(C)CN(C(C)(C)CNC(=O)N(C)C(C)CO)C1. The fraction of sp³-hybridized carbons (Fsp3) is 0.938. The van der Waals surface area contributed by atoms with Crippen molar-refractivity contribution in [1.29, 1.82) is 0 Å². The van der Waals surface area contributed by atoms with E-state index >= 15 is 0 Å². The molecule has 124 valence electrons. The van der Waals surface area contributed by atoms with E-state index < -0.39 is 0 Å². The van der Waals surface area contributed by atoms with Gasteiger partial charge in [0.1, 0.15) is 0 Å². The summed E-state index contributed by atoms with van der Waals surface area (Å²) in [5.74, 6) is 1.42. The van der Waals surface area contributed by atoms with E-state index in [1.54, 1.807) is 11.9 Å². The van der Waals surface area contributed by atoms with Crippen LogP contribution in [-0.4, -0.2) is 65.8 Å². The normalized spacial score (nSPS) is 25.5. The molecular formula is C16H33N3O2. The molecule has 0 aromatic heterocycles. The fourth-order valence-corrected chi connectivity index (χ4v) is 3.01. The molecular weight excluding hydrogens is 266 g/mol. The number of carbonyl (C=O) groups is 1. The molecule has 5 nitrogen and oxygen atoms in total. The number of rotatable bonds is 5. The van der Waals surface area contributed by atoms with Gasteiger partial charge in [-0.05, 0) is 39.0 Å². The molecule has 1 aliphatic heterocycles. The number of amides is 2. The van der Waals surface area contributed by atoms with Crippen molar-refractivity contribution in [3.05, 3.63) is 0 Å². The Labute approximate surface area is 129 Å². The Hall–Kier alpha value is -0.810. The monoisotopic (exact) mass is 299 g/mol. The first kappa shape index (κ1) is 18.2. The summed E-state index contributed by atoms with van der Waals surface area (Å²) in [7, 11) is 1.72. The predicted octanol–water partition coefficient (Wildman–Crippen LogP) is 1.77. The summed E-state index contributed by atoms with van der Waals surface area (Å²) in [5.41, 5.74) is -0.0537. The summed E-state index contributed by atoms with van der Waals surface area (Å²) in [6, 6.07) is -0.286. The maximum Gasteiger partial charge on any atom is 0.317 e. The first-order valence-electron chi connectivity index (χ1n) is 8.04. The number of aliphatic hydroxyl groups excluding tert-OH is 1. The molecule has 1 aliphatic rings. The summed E-state index contributed by atoms with van der Waals surface area (Å²) >= 11 is 0. The molecule has 0 aromatic carbocycles. The van der Waals surface area contributed by atoms with Crippen LogP contribution in [0.15, 0.2) is 0 Å². The Morgan fingerprint density at radius 2 is 1.90 bits per heavy atom. The molecule has 5 heteroatoms. The zero-order chi connectivity index (χ0) is 16.2. The van der Waals surface area contributed by atoms with Crippen molar-refractivity contribution < 1.29 is 9.90 Å². The van der Waals surface area contributed by atoms with Crippen LogP contribution in [0.4, 0.5) is 4.79 Å². The lowest BCUT2D eigenvalue weighted by Crippen LogP contribution is -2.57. The van der Waals surface area contributed by atoms with E-state index in [4.69, 9.17) is 5.11 Å². The average molecular weight is 299 g/mol. The zero-order valence-corrected chi connectivity index (χ0v) is 14.5. The minimum Gasteiger partial charge on any atom is -0.394 e. The molecule has 3 atom stereocenters. The molecule has 2 amide bonds. The van der Waals surface area contributed by atoms with Crippen molar-refractivity contribution in [2.24, 2.45) is 11.8 Å². The molecule has 2 N–H and O–H groups in total. The number of likely N-dealkylation sites (tertiary alicyclic amines) is 1. The first-order valence-corrected chi connectivity index (χ1v) is 8.04. The van der Waals surface area contributed by atoms with Gasteiger partial charge in [0.05, 0.1) is 12.6 Å². The summed E-state index contributed by atoms with van der Waals surface area (Å²) in [4.78, 5) is 16.1. The van der Waals surface area contributed by atoms with Gasteiger partial charge in [-0.1, -0.05) is 13.8 Å². The summed E-state index contributed by atoms with van der Waals surface area (Å²) in [5, 5.41) is 12.1. The van der Waals surface area contributed by atoms with Gasteiger partial charge in [0.25, 0.3) is 0 Å². The van der Waals surface area contributed by atoms with Crippen LogP contribution in [0.2, 0.25) is 0 Å². The molecule has 0 aromatic rings. The van der Waals surface area contributed by atoms with E-state index in [0.29, 0.717) is 18.4 Å². The van der Waals surface area contributed by atoms with Crippen LogP contribution in [0.3, 0.4) is 0 Å². The minimum atomic E-state index is -0.164. The van der Waals surface area contributed by atoms with E-state index in [1.807, 2.05) is 6.92 Å². The van der Waals surface area contributed by atoms with Crippen LogP contribution in [0.1, 0.15) is 41.0 Å². The molecule has 21 heavy (non-hydrogen) atoms. The van der Waals surface area contributed by atoms with Gasteiger partial charge in [-0.15, -0.1) is 0 Å². The van der Waals surface area contributed by atoms with Gasteiger partial charge in [0.2, 0.25) is 0 Å². The van der Waals surface area contributed by atoms with Crippen LogP contribution in [-0.2, 0) is 0 Å². The molecule has 0 radical (unpaired) electrons. The van der Waals surface area contributed by atoms with E-state index in [2.05, 4.69) is 37.9 Å². The highest BCUT2D eigenvalue weighted by molar-refractivity contribution is 5.74. The van der Waals surface area contributed by atoms with E-state index in [9.17, 15) is 4.79 Å². The molecule has 3 unspecified atom stereocenters. The van der Waals surface area contributed by atoms with Gasteiger partial charge in [0, 0.05) is 32.2 Å². The molecule has 0 aliphatic carbocycles. The number of nitrogens with one attached hydrogen (secondary N) is 1. The number of carbonyl (C=O) groups excluding carboxylic acids is 1. The van der Waals surface area contributed by atoms with Gasteiger partial charge in [0.15, 0.2) is 0 Å². The topological polar surface area (TPSA) is 55.8 Å². The smallest absolute Gasteiger partial charge is 0.317 e. The Bertz CT molecular complexity index is 336. The predicted molar refractivity (Wildman–Crippen MR) is 86.3 cm³/mol. The second-order valence-corrected chi connectivity index (χ2v) is 7.46. The van der Waals surface area contributed by atoms with E-state index in [-0.39, 0.29) is 24.2 Å². The Kier molecular flexibility index (Phi) is 6.47. The number of piperidine rings is 1. The fourth-order valence-electron chi connectivity index (χ4n) is 3.01. The third-order valence-electron chi connectivity index (χ3n) is 4.64. The van der Waals surface area contributed by atoms with E-state index in [1.165, 1.54) is 6.42 Å². The first-order chi connectivity index (χ1) is 9.67. The quantitative estimate of drug-likeness (QED) is 0.813. The standard InChI is InChI=1S/C16H33N3O2/c1-12-7-13(2)9-19(8-12)16(4,5)11-17-15(21)18(6)14(3)10-20/h12-14,20H,7-11H2,1-6H3,(H,17,21). The average Bonchev–Trinajstić information content (AvgIpc) is 2.42. The molecule has 0 spiro atoms. The molecule has 1 rings (SSSR count). The third kappa shape index (κ3) is 5.15. The minimum absolute atomic E-state index is 0.0194. The van der Waals surface area contributed by atoms with Crippen LogP contribution in [0.25, 0.3) is 0 Å². The van der Waals surface area contributed by atoms with Crippen LogP contribution >= 0.6 is 0 Å². The van der Waals surface area contributed by atoms with Gasteiger partial charge >= 0.3 is 6.03 Å². The van der Waals surface area contributed by atoms with Crippen molar-refractivity contribution >= 4 is 6.03 Å². The third-order valence-corrected chi connectivity index (χ3v) is 4.64. The van der Waals surface area contributed by atoms with Crippen LogP contribution < -0.4 is 5.32 Å². The molecule has 1 saturated heterocycles. The summed E-state index contributed by atoms with van der Waals surface area (Å²) in [6.07, 6.45) is 1.29. The molecule has 1 heterocycles. The highest BCUT2D eigenvalue weighted by Gasteiger charge is 2.33. The Morgan fingerprint density at radius 1 is 1.38 bits per heavy atom. The number of hydrogen-bond donors (Lipinski definition) is 2. The van der Waals surface area contributed by atoms with Gasteiger partial charge in [-0.25, -0.2) is 4.79 Å². The van der Waals surface area contributed by atoms with Crippen molar-refractivity contribution in [2.75, 3.05) is 33.3 Å². The highest BCUT2D eigenvalue weighted by atomic mass is 16.3. The van der Waals surface area contributed by atoms with Crippen molar-refractivity contribution in [3.63, 3.8) is 0 Å². The second-order valence-electron chi connectivity index (χ2n) is 7.46. The maximum absolute atomic E-state index is 12.1. The number of hydrogen-bond acceptors (Lipinski definition) is 3. The summed E-state index contributed by atoms with van der Waals surface area (Å²) < 4.78 is 0. The number of aliphatic hydroxyl groups is 1. The Morgan fingerprint density at radius 3 is 2.38 bits per heavy atom. The van der Waals surface area contributed by atoms with Crippen molar-refractivity contribution in [1.82, 2.24) is 15.1 Å². The van der Waals surface area contributed by atoms with Crippen molar-refractivity contribution in [3.8, 4) is 0 Å². The molecule has 0 saturated carbocycles. The van der Waals surface area contributed by atoms with Gasteiger partial charge < -0.3 is 15.3 Å². The lowest BCUT2D eigenvalue weighted by atomic mass is 9.88. The Balaban J connectivity index is 2.54. The number of nitrogens with zero attached hydrogens (tertiary/aromatic N) is 2. The second kappa shape index (κ2) is 7.45. The van der Waals surface area contributed by atoms with Crippen molar-refractivity contribution in [2.45, 2.75) is 52.6 Å². The van der Waals surface area contributed by atoms with Gasteiger partial charge in [-0.2, -0.15) is 0 Å². The molecule has 0 bridgehead atoms. The number of urea groups is 1. The zero-order valence-electron chi connectivity index (χ0n) is 14.5. The van der Waals surface area contributed by atoms with Crippen LogP contribution in [0, 0.1) is 11.8 Å². The molecule has 1 fully saturated rings. The van der Waals surface area contributed by atoms with E-state index in [0.717, 1.165) is 13.1 Å². The maximum atomic E-state index is 12.1. The lowest BCUT2D eigenvalue weighted by Gasteiger charge is -2.45. The highest BCUT2D eigenvalue weighted by Crippen LogP contribution is 2.26. The largest absolute Gasteiger partial charge is 0.394 e.